The summed E-state index contributed by atoms with van der Waals surface area (Å²) in [5.74, 6) is 0. The lowest BCUT2D eigenvalue weighted by molar-refractivity contribution is 0.645. The van der Waals surface area contributed by atoms with Crippen molar-refractivity contribution < 1.29 is 0 Å². The molecule has 0 amide bonds. The van der Waals surface area contributed by atoms with Gasteiger partial charge in [-0.15, -0.1) is 0 Å². The monoisotopic (exact) mass is 182 g/mol. The van der Waals surface area contributed by atoms with Crippen molar-refractivity contribution in [3.8, 4) is 0 Å². The smallest absolute Gasteiger partial charge is 0.168 e. The minimum absolute atomic E-state index is 0.758. The maximum absolute atomic E-state index is 4.52. The standard InChI is InChI=1S/C9H14N2S/c1-6-7(2)11(8-4-5-8)9(10-6)12-3/h8H,4-5H2,1-3H3. The largest absolute Gasteiger partial charge is 0.320 e. The van der Waals surface area contributed by atoms with Gasteiger partial charge in [-0.05, 0) is 32.9 Å². The van der Waals surface area contributed by atoms with Crippen molar-refractivity contribution in [1.82, 2.24) is 9.55 Å². The van der Waals surface area contributed by atoms with Crippen LogP contribution in [0.4, 0.5) is 0 Å². The highest BCUT2D eigenvalue weighted by Gasteiger charge is 2.27. The van der Waals surface area contributed by atoms with E-state index in [0.717, 1.165) is 6.04 Å². The molecule has 0 aliphatic heterocycles. The summed E-state index contributed by atoms with van der Waals surface area (Å²) in [7, 11) is 0. The van der Waals surface area contributed by atoms with Gasteiger partial charge in [0.05, 0.1) is 5.69 Å². The van der Waals surface area contributed by atoms with Gasteiger partial charge in [0.1, 0.15) is 0 Å². The Labute approximate surface area is 77.4 Å². The van der Waals surface area contributed by atoms with Gasteiger partial charge in [-0.2, -0.15) is 0 Å². The molecule has 1 aliphatic rings. The van der Waals surface area contributed by atoms with Gasteiger partial charge in [-0.1, -0.05) is 11.8 Å². The van der Waals surface area contributed by atoms with Gasteiger partial charge >= 0.3 is 0 Å². The van der Waals surface area contributed by atoms with E-state index in [0.29, 0.717) is 0 Å². The first kappa shape index (κ1) is 8.17. The SMILES string of the molecule is CSc1nc(C)c(C)n1C1CC1. The van der Waals surface area contributed by atoms with Crippen LogP contribution in [-0.4, -0.2) is 15.8 Å². The van der Waals surface area contributed by atoms with E-state index in [1.54, 1.807) is 11.8 Å². The molecule has 1 saturated carbocycles. The van der Waals surface area contributed by atoms with Crippen molar-refractivity contribution >= 4 is 11.8 Å². The first-order valence-electron chi connectivity index (χ1n) is 4.33. The average molecular weight is 182 g/mol. The Morgan fingerprint density at radius 1 is 1.42 bits per heavy atom. The third-order valence-corrected chi connectivity index (χ3v) is 3.10. The third-order valence-electron chi connectivity index (χ3n) is 2.45. The number of rotatable bonds is 2. The number of aryl methyl sites for hydroxylation is 1. The molecular formula is C9H14N2S. The zero-order valence-corrected chi connectivity index (χ0v) is 8.61. The van der Waals surface area contributed by atoms with Gasteiger partial charge in [0.15, 0.2) is 5.16 Å². The lowest BCUT2D eigenvalue weighted by atomic mass is 10.4. The second kappa shape index (κ2) is 2.80. The maximum Gasteiger partial charge on any atom is 0.168 e. The molecule has 0 aromatic carbocycles. The summed E-state index contributed by atoms with van der Waals surface area (Å²) >= 11 is 1.75. The molecule has 0 unspecified atom stereocenters. The summed E-state index contributed by atoms with van der Waals surface area (Å²) in [6, 6.07) is 0.758. The van der Waals surface area contributed by atoms with E-state index in [4.69, 9.17) is 0 Å². The molecule has 2 rings (SSSR count). The fraction of sp³-hybridized carbons (Fsp3) is 0.667. The van der Waals surface area contributed by atoms with E-state index >= 15 is 0 Å². The first-order chi connectivity index (χ1) is 5.74. The van der Waals surface area contributed by atoms with E-state index in [-0.39, 0.29) is 0 Å². The Morgan fingerprint density at radius 3 is 2.58 bits per heavy atom. The van der Waals surface area contributed by atoms with Crippen LogP contribution in [0, 0.1) is 13.8 Å². The van der Waals surface area contributed by atoms with Gasteiger partial charge in [-0.25, -0.2) is 4.98 Å². The van der Waals surface area contributed by atoms with E-state index in [1.165, 1.54) is 29.4 Å². The van der Waals surface area contributed by atoms with E-state index < -0.39 is 0 Å². The molecule has 0 atom stereocenters. The zero-order chi connectivity index (χ0) is 8.72. The quantitative estimate of drug-likeness (QED) is 0.654. The molecule has 0 bridgehead atoms. The number of hydrogen-bond acceptors (Lipinski definition) is 2. The van der Waals surface area contributed by atoms with Gasteiger partial charge in [-0.3, -0.25) is 0 Å². The summed E-state index contributed by atoms with van der Waals surface area (Å²) in [4.78, 5) is 4.52. The number of thioether (sulfide) groups is 1. The van der Waals surface area contributed by atoms with Crippen LogP contribution in [0.2, 0.25) is 0 Å². The summed E-state index contributed by atoms with van der Waals surface area (Å²) < 4.78 is 2.39. The fourth-order valence-corrected chi connectivity index (χ4v) is 2.21. The highest BCUT2D eigenvalue weighted by Crippen LogP contribution is 2.39. The van der Waals surface area contributed by atoms with Crippen molar-refractivity contribution in [2.45, 2.75) is 37.9 Å². The van der Waals surface area contributed by atoms with Crippen LogP contribution in [0.5, 0.6) is 0 Å². The van der Waals surface area contributed by atoms with E-state index in [2.05, 4.69) is 29.7 Å². The topological polar surface area (TPSA) is 17.8 Å². The van der Waals surface area contributed by atoms with Crippen molar-refractivity contribution in [2.24, 2.45) is 0 Å². The number of nitrogens with zero attached hydrogens (tertiary/aromatic N) is 2. The Kier molecular flexibility index (Phi) is 1.91. The van der Waals surface area contributed by atoms with Crippen LogP contribution in [0.25, 0.3) is 0 Å². The molecule has 1 aliphatic carbocycles. The molecule has 2 nitrogen and oxygen atoms in total. The Hall–Kier alpha value is -0.440. The molecular weight excluding hydrogens is 168 g/mol. The van der Waals surface area contributed by atoms with E-state index in [9.17, 15) is 0 Å². The summed E-state index contributed by atoms with van der Waals surface area (Å²) in [6.45, 7) is 4.26. The van der Waals surface area contributed by atoms with Gasteiger partial charge in [0.25, 0.3) is 0 Å². The van der Waals surface area contributed by atoms with Crippen molar-refractivity contribution in [1.29, 1.82) is 0 Å². The molecule has 1 aromatic heterocycles. The molecule has 12 heavy (non-hydrogen) atoms. The van der Waals surface area contributed by atoms with Crippen molar-refractivity contribution in [3.05, 3.63) is 11.4 Å². The molecule has 1 aromatic rings. The first-order valence-corrected chi connectivity index (χ1v) is 5.56. The van der Waals surface area contributed by atoms with Crippen molar-refractivity contribution in [3.63, 3.8) is 0 Å². The minimum Gasteiger partial charge on any atom is -0.320 e. The number of imidazole rings is 1. The average Bonchev–Trinajstić information content (AvgIpc) is 2.82. The molecule has 3 heteroatoms. The predicted octanol–water partition coefficient (Wildman–Crippen LogP) is 2.56. The molecule has 0 N–H and O–H groups in total. The minimum atomic E-state index is 0.758. The molecule has 1 heterocycles. The fourth-order valence-electron chi connectivity index (χ4n) is 1.50. The van der Waals surface area contributed by atoms with Gasteiger partial charge in [0, 0.05) is 11.7 Å². The van der Waals surface area contributed by atoms with Crippen molar-refractivity contribution in [2.75, 3.05) is 6.26 Å². The lowest BCUT2D eigenvalue weighted by Crippen LogP contribution is -1.98. The third kappa shape index (κ3) is 1.16. The zero-order valence-electron chi connectivity index (χ0n) is 7.79. The van der Waals surface area contributed by atoms with E-state index in [1.807, 2.05) is 0 Å². The molecule has 0 spiro atoms. The molecule has 0 saturated heterocycles. The lowest BCUT2D eigenvalue weighted by Gasteiger charge is -2.05. The summed E-state index contributed by atoms with van der Waals surface area (Å²) in [5.41, 5.74) is 2.54. The van der Waals surface area contributed by atoms with Crippen LogP contribution in [0.3, 0.4) is 0 Å². The normalized spacial score (nSPS) is 16.9. The molecule has 0 radical (unpaired) electrons. The van der Waals surface area contributed by atoms with Gasteiger partial charge < -0.3 is 4.57 Å². The highest BCUT2D eigenvalue weighted by atomic mass is 32.2. The highest BCUT2D eigenvalue weighted by molar-refractivity contribution is 7.98. The van der Waals surface area contributed by atoms with Crippen LogP contribution in [0.1, 0.15) is 30.3 Å². The van der Waals surface area contributed by atoms with Crippen LogP contribution >= 0.6 is 11.8 Å². The predicted molar refractivity (Wildman–Crippen MR) is 51.8 cm³/mol. The molecule has 66 valence electrons. The van der Waals surface area contributed by atoms with Crippen LogP contribution in [-0.2, 0) is 0 Å². The van der Waals surface area contributed by atoms with Gasteiger partial charge in [0.2, 0.25) is 0 Å². The number of aromatic nitrogens is 2. The number of hydrogen-bond donors (Lipinski definition) is 0. The molecule has 1 fully saturated rings. The maximum atomic E-state index is 4.52. The summed E-state index contributed by atoms with van der Waals surface area (Å²) in [6.07, 6.45) is 4.77. The Morgan fingerprint density at radius 2 is 2.08 bits per heavy atom. The van der Waals surface area contributed by atoms with Crippen LogP contribution in [0.15, 0.2) is 5.16 Å². The van der Waals surface area contributed by atoms with Crippen LogP contribution < -0.4 is 0 Å². The second-order valence-electron chi connectivity index (χ2n) is 3.37. The Bertz CT molecular complexity index is 300. The summed E-state index contributed by atoms with van der Waals surface area (Å²) in [5, 5.41) is 1.19. The second-order valence-corrected chi connectivity index (χ2v) is 4.14. The Balaban J connectivity index is 2.46.